The van der Waals surface area contributed by atoms with E-state index >= 15 is 0 Å². The van der Waals surface area contributed by atoms with E-state index in [0.717, 1.165) is 18.4 Å². The predicted molar refractivity (Wildman–Crippen MR) is 73.3 cm³/mol. The summed E-state index contributed by atoms with van der Waals surface area (Å²) in [6.45, 7) is 0.509. The number of carboxylic acid groups (broad SMARTS) is 1. The number of nitrogens with zero attached hydrogens (tertiary/aromatic N) is 2. The molecule has 1 aromatic heterocycles. The van der Waals surface area contributed by atoms with Gasteiger partial charge in [-0.1, -0.05) is 6.07 Å². The molecule has 1 aliphatic heterocycles. The number of aromatic nitrogens is 1. The van der Waals surface area contributed by atoms with Crippen LogP contribution in [0, 0.1) is 0 Å². The van der Waals surface area contributed by atoms with Gasteiger partial charge < -0.3 is 14.7 Å². The maximum absolute atomic E-state index is 12.6. The molecular weight excluding hydrogens is 272 g/mol. The Bertz CT molecular complexity index is 530. The first kappa shape index (κ1) is 14.0. The molecule has 1 N–H and O–H groups in total. The molecule has 1 aliphatic carbocycles. The lowest BCUT2D eigenvalue weighted by Gasteiger charge is -2.25. The molecule has 0 spiro atoms. The van der Waals surface area contributed by atoms with Crippen LogP contribution in [-0.4, -0.2) is 45.1 Å². The van der Waals surface area contributed by atoms with Crippen molar-refractivity contribution in [1.82, 2.24) is 9.88 Å². The molecule has 3 rings (SSSR count). The van der Waals surface area contributed by atoms with Gasteiger partial charge in [0.05, 0.1) is 0 Å². The monoisotopic (exact) mass is 290 g/mol. The molecule has 2 atom stereocenters. The molecule has 1 saturated heterocycles. The predicted octanol–water partition coefficient (Wildman–Crippen LogP) is 1.20. The summed E-state index contributed by atoms with van der Waals surface area (Å²) >= 11 is 0. The zero-order valence-corrected chi connectivity index (χ0v) is 11.6. The van der Waals surface area contributed by atoms with E-state index in [4.69, 9.17) is 9.84 Å². The van der Waals surface area contributed by atoms with Gasteiger partial charge in [-0.05, 0) is 37.3 Å². The first-order valence-corrected chi connectivity index (χ1v) is 7.23. The van der Waals surface area contributed by atoms with E-state index < -0.39 is 18.2 Å². The van der Waals surface area contributed by atoms with Gasteiger partial charge in [0.1, 0.15) is 6.10 Å². The van der Waals surface area contributed by atoms with Gasteiger partial charge >= 0.3 is 5.97 Å². The van der Waals surface area contributed by atoms with Crippen LogP contribution < -0.4 is 0 Å². The highest BCUT2D eigenvalue weighted by atomic mass is 16.5. The summed E-state index contributed by atoms with van der Waals surface area (Å²) in [6.07, 6.45) is 4.86. The Labute approximate surface area is 122 Å². The number of ether oxygens (including phenoxy) is 1. The minimum atomic E-state index is -0.990. The molecule has 2 heterocycles. The maximum atomic E-state index is 12.6. The average molecular weight is 290 g/mol. The van der Waals surface area contributed by atoms with Crippen LogP contribution >= 0.6 is 0 Å². The summed E-state index contributed by atoms with van der Waals surface area (Å²) in [5.41, 5.74) is 0.977. The molecule has 1 saturated carbocycles. The fourth-order valence-electron chi connectivity index (χ4n) is 2.65. The van der Waals surface area contributed by atoms with Crippen LogP contribution in [0.25, 0.3) is 0 Å². The summed E-state index contributed by atoms with van der Waals surface area (Å²) in [7, 11) is 0. The molecule has 6 nitrogen and oxygen atoms in total. The zero-order chi connectivity index (χ0) is 14.8. The maximum Gasteiger partial charge on any atom is 0.332 e. The minimum absolute atomic E-state index is 0.0925. The Balaban J connectivity index is 1.67. The van der Waals surface area contributed by atoms with E-state index in [9.17, 15) is 9.59 Å². The van der Waals surface area contributed by atoms with Crippen LogP contribution in [0.2, 0.25) is 0 Å². The second kappa shape index (κ2) is 5.81. The number of hydrogen-bond donors (Lipinski definition) is 1. The quantitative estimate of drug-likeness (QED) is 0.881. The number of hydrogen-bond acceptors (Lipinski definition) is 4. The van der Waals surface area contributed by atoms with Gasteiger partial charge in [0.25, 0.3) is 5.91 Å². The lowest BCUT2D eigenvalue weighted by Crippen LogP contribution is -2.40. The van der Waals surface area contributed by atoms with Gasteiger partial charge in [-0.25, -0.2) is 4.79 Å². The highest BCUT2D eigenvalue weighted by Crippen LogP contribution is 2.31. The largest absolute Gasteiger partial charge is 0.479 e. The molecule has 6 heteroatoms. The highest BCUT2D eigenvalue weighted by molar-refractivity contribution is 5.83. The molecule has 112 valence electrons. The third-order valence-corrected chi connectivity index (χ3v) is 3.92. The van der Waals surface area contributed by atoms with E-state index in [1.165, 1.54) is 0 Å². The van der Waals surface area contributed by atoms with Crippen LogP contribution in [0.1, 0.15) is 31.2 Å². The van der Waals surface area contributed by atoms with Crippen LogP contribution in [0.15, 0.2) is 24.5 Å². The third-order valence-electron chi connectivity index (χ3n) is 3.92. The smallest absolute Gasteiger partial charge is 0.332 e. The van der Waals surface area contributed by atoms with Crippen LogP contribution in [0.3, 0.4) is 0 Å². The molecule has 0 bridgehead atoms. The lowest BCUT2D eigenvalue weighted by molar-refractivity contribution is -0.155. The van der Waals surface area contributed by atoms with Crippen molar-refractivity contribution in [3.63, 3.8) is 0 Å². The van der Waals surface area contributed by atoms with Crippen molar-refractivity contribution in [1.29, 1.82) is 0 Å². The van der Waals surface area contributed by atoms with E-state index in [2.05, 4.69) is 4.98 Å². The number of carbonyl (C=O) groups is 2. The van der Waals surface area contributed by atoms with Gasteiger partial charge in [-0.2, -0.15) is 0 Å². The van der Waals surface area contributed by atoms with Gasteiger partial charge in [-0.15, -0.1) is 0 Å². The molecule has 21 heavy (non-hydrogen) atoms. The molecule has 0 aromatic carbocycles. The summed E-state index contributed by atoms with van der Waals surface area (Å²) in [4.78, 5) is 29.4. The van der Waals surface area contributed by atoms with E-state index in [-0.39, 0.29) is 11.9 Å². The van der Waals surface area contributed by atoms with Gasteiger partial charge in [0, 0.05) is 25.0 Å². The molecular formula is C15H18N2O4. The molecule has 1 amide bonds. The van der Waals surface area contributed by atoms with Crippen molar-refractivity contribution in [2.24, 2.45) is 0 Å². The Morgan fingerprint density at radius 3 is 2.62 bits per heavy atom. The first-order valence-electron chi connectivity index (χ1n) is 7.23. The molecule has 2 fully saturated rings. The van der Waals surface area contributed by atoms with Gasteiger partial charge in [0.2, 0.25) is 0 Å². The Kier molecular flexibility index (Phi) is 3.88. The van der Waals surface area contributed by atoms with E-state index in [0.29, 0.717) is 19.4 Å². The van der Waals surface area contributed by atoms with Gasteiger partial charge in [0.15, 0.2) is 6.10 Å². The zero-order valence-electron chi connectivity index (χ0n) is 11.6. The molecule has 2 aliphatic rings. The number of carboxylic acids is 1. The van der Waals surface area contributed by atoms with Gasteiger partial charge in [-0.3, -0.25) is 9.78 Å². The summed E-state index contributed by atoms with van der Waals surface area (Å²) in [5, 5.41) is 8.95. The van der Waals surface area contributed by atoms with Crippen molar-refractivity contribution < 1.29 is 19.4 Å². The second-order valence-electron chi connectivity index (χ2n) is 5.59. The Morgan fingerprint density at radius 2 is 2.05 bits per heavy atom. The third kappa shape index (κ3) is 3.21. The molecule has 1 aromatic rings. The lowest BCUT2D eigenvalue weighted by atomic mass is 10.1. The van der Waals surface area contributed by atoms with E-state index in [1.54, 1.807) is 12.4 Å². The number of amides is 1. The minimum Gasteiger partial charge on any atom is -0.479 e. The summed E-state index contributed by atoms with van der Waals surface area (Å²) in [5.74, 6) is -1.08. The van der Waals surface area contributed by atoms with Crippen molar-refractivity contribution in [3.05, 3.63) is 30.1 Å². The fraction of sp³-hybridized carbons (Fsp3) is 0.533. The highest BCUT2D eigenvalue weighted by Gasteiger charge is 2.41. The summed E-state index contributed by atoms with van der Waals surface area (Å²) in [6, 6.07) is 4.04. The van der Waals surface area contributed by atoms with Crippen LogP contribution in [-0.2, 0) is 20.9 Å². The standard InChI is InChI=1S/C15H18N2O4/c18-14(12-5-6-13(21-12)15(19)20)17(11-3-4-11)9-10-2-1-7-16-8-10/h1-2,7-8,11-13H,3-6,9H2,(H,19,20). The second-order valence-corrected chi connectivity index (χ2v) is 5.59. The number of rotatable bonds is 5. The van der Waals surface area contributed by atoms with Crippen molar-refractivity contribution in [3.8, 4) is 0 Å². The SMILES string of the molecule is O=C(O)C1CCC(C(=O)N(Cc2cccnc2)C2CC2)O1. The number of carbonyl (C=O) groups excluding carboxylic acids is 1. The average Bonchev–Trinajstić information content (AvgIpc) is 3.20. The number of pyridine rings is 1. The number of aliphatic carboxylic acids is 1. The first-order chi connectivity index (χ1) is 10.1. The molecule has 2 unspecified atom stereocenters. The summed E-state index contributed by atoms with van der Waals surface area (Å²) < 4.78 is 5.37. The fourth-order valence-corrected chi connectivity index (χ4v) is 2.65. The van der Waals surface area contributed by atoms with Crippen molar-refractivity contribution in [2.45, 2.75) is 50.5 Å². The molecule has 0 radical (unpaired) electrons. The normalized spacial score (nSPS) is 24.8. The van der Waals surface area contributed by atoms with Crippen LogP contribution in [0.4, 0.5) is 0 Å². The van der Waals surface area contributed by atoms with E-state index in [1.807, 2.05) is 17.0 Å². The van der Waals surface area contributed by atoms with Crippen molar-refractivity contribution in [2.75, 3.05) is 0 Å². The van der Waals surface area contributed by atoms with Crippen molar-refractivity contribution >= 4 is 11.9 Å². The van der Waals surface area contributed by atoms with Crippen LogP contribution in [0.5, 0.6) is 0 Å². The Hall–Kier alpha value is -1.95. The topological polar surface area (TPSA) is 79.7 Å². The Morgan fingerprint density at radius 1 is 1.29 bits per heavy atom.